The van der Waals surface area contributed by atoms with Gasteiger partial charge >= 0.3 is 5.97 Å². The molecule has 0 atom stereocenters. The molecule has 2 rings (SSSR count). The van der Waals surface area contributed by atoms with Gasteiger partial charge in [0, 0.05) is 12.1 Å². The first-order valence-electron chi connectivity index (χ1n) is 5.42. The second-order valence-corrected chi connectivity index (χ2v) is 4.06. The van der Waals surface area contributed by atoms with Crippen LogP contribution in [0.4, 0.5) is 11.7 Å². The fourth-order valence-corrected chi connectivity index (χ4v) is 1.73. The van der Waals surface area contributed by atoms with Crippen molar-refractivity contribution >= 4 is 29.3 Å². The van der Waals surface area contributed by atoms with Gasteiger partial charge in [-0.2, -0.15) is 4.98 Å². The third-order valence-electron chi connectivity index (χ3n) is 2.44. The quantitative estimate of drug-likeness (QED) is 0.876. The van der Waals surface area contributed by atoms with Crippen LogP contribution in [0.25, 0.3) is 0 Å². The Hall–Kier alpha value is -2.41. The van der Waals surface area contributed by atoms with Gasteiger partial charge in [0.15, 0.2) is 5.69 Å². The molecule has 0 amide bonds. The molecule has 20 heavy (non-hydrogen) atoms. The largest absolute Gasteiger partial charge is 0.495 e. The van der Waals surface area contributed by atoms with Crippen LogP contribution in [0.5, 0.6) is 11.5 Å². The molecule has 0 radical (unpaired) electrons. The number of benzene rings is 1. The number of anilines is 2. The molecule has 2 N–H and O–H groups in total. The SMILES string of the molecule is COc1cc(Nc2nc(C(=O)O)co2)c(OC)cc1Cl. The summed E-state index contributed by atoms with van der Waals surface area (Å²) in [5.41, 5.74) is 0.278. The Kier molecular flexibility index (Phi) is 3.99. The highest BCUT2D eigenvalue weighted by Crippen LogP contribution is 2.37. The molecule has 0 aliphatic carbocycles. The Bertz CT molecular complexity index is 641. The van der Waals surface area contributed by atoms with E-state index < -0.39 is 5.97 Å². The third kappa shape index (κ3) is 2.77. The Morgan fingerprint density at radius 2 is 2.05 bits per heavy atom. The average molecular weight is 299 g/mol. The predicted octanol–water partition coefficient (Wildman–Crippen LogP) is 2.79. The monoisotopic (exact) mass is 298 g/mol. The minimum absolute atomic E-state index is 0.0186. The minimum atomic E-state index is -1.18. The van der Waals surface area contributed by atoms with Gasteiger partial charge in [-0.05, 0) is 0 Å². The number of nitrogens with one attached hydrogen (secondary N) is 1. The molecule has 7 nitrogen and oxygen atoms in total. The average Bonchev–Trinajstić information content (AvgIpc) is 2.89. The van der Waals surface area contributed by atoms with E-state index in [4.69, 9.17) is 30.6 Å². The van der Waals surface area contributed by atoms with Crippen molar-refractivity contribution in [2.45, 2.75) is 0 Å². The van der Waals surface area contributed by atoms with Crippen LogP contribution in [0.15, 0.2) is 22.8 Å². The van der Waals surface area contributed by atoms with Crippen LogP contribution in [0.2, 0.25) is 5.02 Å². The molecule has 1 aromatic heterocycles. The first-order chi connectivity index (χ1) is 9.55. The van der Waals surface area contributed by atoms with Gasteiger partial charge in [-0.1, -0.05) is 11.6 Å². The van der Waals surface area contributed by atoms with Gasteiger partial charge < -0.3 is 24.3 Å². The zero-order valence-corrected chi connectivity index (χ0v) is 11.4. The smallest absolute Gasteiger partial charge is 0.357 e. The highest BCUT2D eigenvalue weighted by Gasteiger charge is 2.14. The summed E-state index contributed by atoms with van der Waals surface area (Å²) in [6.45, 7) is 0. The standard InChI is InChI=1S/C12H11ClN2O5/c1-18-9-4-7(10(19-2)3-6(9)13)14-12-15-8(5-20-12)11(16)17/h3-5H,1-2H3,(H,14,15)(H,16,17). The van der Waals surface area contributed by atoms with Crippen LogP contribution in [-0.4, -0.2) is 30.3 Å². The number of ether oxygens (including phenoxy) is 2. The van der Waals surface area contributed by atoms with E-state index in [-0.39, 0.29) is 11.7 Å². The molecule has 0 fully saturated rings. The zero-order valence-electron chi connectivity index (χ0n) is 10.6. The fourth-order valence-electron chi connectivity index (χ4n) is 1.50. The van der Waals surface area contributed by atoms with Crippen molar-refractivity contribution in [1.82, 2.24) is 4.98 Å². The number of oxazole rings is 1. The molecule has 0 aliphatic heterocycles. The first kappa shape index (κ1) is 14.0. The summed E-state index contributed by atoms with van der Waals surface area (Å²) in [5, 5.41) is 11.9. The van der Waals surface area contributed by atoms with Crippen LogP contribution in [-0.2, 0) is 0 Å². The van der Waals surface area contributed by atoms with E-state index >= 15 is 0 Å². The van der Waals surface area contributed by atoms with Crippen molar-refractivity contribution in [2.24, 2.45) is 0 Å². The Labute approximate surface area is 119 Å². The summed E-state index contributed by atoms with van der Waals surface area (Å²) in [6.07, 6.45) is 1.03. The van der Waals surface area contributed by atoms with E-state index in [1.54, 1.807) is 12.1 Å². The molecule has 0 bridgehead atoms. The molecule has 1 aromatic carbocycles. The molecule has 0 saturated carbocycles. The van der Waals surface area contributed by atoms with Gasteiger partial charge in [0.2, 0.25) is 0 Å². The summed E-state index contributed by atoms with van der Waals surface area (Å²) in [6, 6.07) is 3.17. The minimum Gasteiger partial charge on any atom is -0.495 e. The van der Waals surface area contributed by atoms with Crippen molar-refractivity contribution in [1.29, 1.82) is 0 Å². The number of nitrogens with zero attached hydrogens (tertiary/aromatic N) is 1. The lowest BCUT2D eigenvalue weighted by Crippen LogP contribution is -1.99. The molecule has 2 aromatic rings. The number of methoxy groups -OCH3 is 2. The highest BCUT2D eigenvalue weighted by molar-refractivity contribution is 6.32. The number of hydrogen-bond donors (Lipinski definition) is 2. The van der Waals surface area contributed by atoms with E-state index in [0.717, 1.165) is 6.26 Å². The molecular weight excluding hydrogens is 288 g/mol. The summed E-state index contributed by atoms with van der Waals surface area (Å²) >= 11 is 5.98. The molecule has 0 unspecified atom stereocenters. The second kappa shape index (κ2) is 5.70. The van der Waals surface area contributed by atoms with Crippen LogP contribution in [0, 0.1) is 0 Å². The zero-order chi connectivity index (χ0) is 14.7. The topological polar surface area (TPSA) is 93.8 Å². The van der Waals surface area contributed by atoms with Crippen LogP contribution in [0.1, 0.15) is 10.5 Å². The Morgan fingerprint density at radius 1 is 1.35 bits per heavy atom. The van der Waals surface area contributed by atoms with Gasteiger partial charge in [0.05, 0.1) is 24.9 Å². The van der Waals surface area contributed by atoms with Crippen LogP contribution < -0.4 is 14.8 Å². The predicted molar refractivity (Wildman–Crippen MR) is 71.3 cm³/mol. The number of aromatic nitrogens is 1. The van der Waals surface area contributed by atoms with E-state index in [1.807, 2.05) is 0 Å². The van der Waals surface area contributed by atoms with Crippen molar-refractivity contribution < 1.29 is 23.8 Å². The number of aromatic carboxylic acids is 1. The lowest BCUT2D eigenvalue weighted by molar-refractivity contribution is 0.0690. The van der Waals surface area contributed by atoms with Gasteiger partial charge in [-0.15, -0.1) is 0 Å². The van der Waals surface area contributed by atoms with Crippen molar-refractivity contribution in [2.75, 3.05) is 19.5 Å². The van der Waals surface area contributed by atoms with E-state index in [1.165, 1.54) is 14.2 Å². The highest BCUT2D eigenvalue weighted by atomic mass is 35.5. The lowest BCUT2D eigenvalue weighted by atomic mass is 10.2. The van der Waals surface area contributed by atoms with Gasteiger partial charge in [0.1, 0.15) is 17.8 Å². The number of carbonyl (C=O) groups is 1. The fraction of sp³-hybridized carbons (Fsp3) is 0.167. The van der Waals surface area contributed by atoms with Crippen molar-refractivity contribution in [3.05, 3.63) is 29.1 Å². The molecular formula is C12H11ClN2O5. The summed E-state index contributed by atoms with van der Waals surface area (Å²) in [7, 11) is 2.95. The Balaban J connectivity index is 2.33. The first-order valence-corrected chi connectivity index (χ1v) is 5.80. The van der Waals surface area contributed by atoms with Gasteiger partial charge in [-0.3, -0.25) is 0 Å². The summed E-state index contributed by atoms with van der Waals surface area (Å²) < 4.78 is 15.3. The maximum Gasteiger partial charge on any atom is 0.357 e. The maximum atomic E-state index is 10.7. The molecule has 1 heterocycles. The number of hydrogen-bond acceptors (Lipinski definition) is 6. The van der Waals surface area contributed by atoms with E-state index in [9.17, 15) is 4.79 Å². The van der Waals surface area contributed by atoms with Gasteiger partial charge in [-0.25, -0.2) is 4.79 Å². The normalized spacial score (nSPS) is 10.2. The number of halogens is 1. The third-order valence-corrected chi connectivity index (χ3v) is 2.73. The van der Waals surface area contributed by atoms with Crippen LogP contribution in [0.3, 0.4) is 0 Å². The lowest BCUT2D eigenvalue weighted by Gasteiger charge is -2.11. The molecule has 0 aliphatic rings. The summed E-state index contributed by atoms with van der Waals surface area (Å²) in [4.78, 5) is 14.5. The molecule has 0 saturated heterocycles. The second-order valence-electron chi connectivity index (χ2n) is 3.66. The number of carboxylic acid groups (broad SMARTS) is 1. The number of rotatable bonds is 5. The van der Waals surface area contributed by atoms with Crippen molar-refractivity contribution in [3.63, 3.8) is 0 Å². The molecule has 106 valence electrons. The molecule has 8 heteroatoms. The van der Waals surface area contributed by atoms with Crippen LogP contribution >= 0.6 is 11.6 Å². The van der Waals surface area contributed by atoms with E-state index in [0.29, 0.717) is 22.2 Å². The van der Waals surface area contributed by atoms with E-state index in [2.05, 4.69) is 10.3 Å². The maximum absolute atomic E-state index is 10.7. The molecule has 0 spiro atoms. The van der Waals surface area contributed by atoms with Crippen molar-refractivity contribution in [3.8, 4) is 11.5 Å². The van der Waals surface area contributed by atoms with Gasteiger partial charge in [0.25, 0.3) is 6.01 Å². The Morgan fingerprint density at radius 3 is 2.60 bits per heavy atom. The summed E-state index contributed by atoms with van der Waals surface area (Å²) in [5.74, 6) is -0.312. The number of carboxylic acids is 1.